The summed E-state index contributed by atoms with van der Waals surface area (Å²) in [4.78, 5) is 2.42. The van der Waals surface area contributed by atoms with Gasteiger partial charge in [0.2, 0.25) is 0 Å². The molecule has 1 fully saturated rings. The van der Waals surface area contributed by atoms with E-state index in [2.05, 4.69) is 82.5 Å². The summed E-state index contributed by atoms with van der Waals surface area (Å²) in [6.07, 6.45) is 6.83. The molecule has 0 unspecified atom stereocenters. The van der Waals surface area contributed by atoms with Gasteiger partial charge in [-0.15, -0.1) is 0 Å². The third kappa shape index (κ3) is 2.82. The van der Waals surface area contributed by atoms with Gasteiger partial charge in [-0.1, -0.05) is 64.0 Å². The van der Waals surface area contributed by atoms with Crippen LogP contribution in [0.15, 0.2) is 52.5 Å². The van der Waals surface area contributed by atoms with E-state index in [1.54, 1.807) is 5.57 Å². The highest BCUT2D eigenvalue weighted by atomic mass is 79.9. The van der Waals surface area contributed by atoms with Crippen LogP contribution in [0.4, 0.5) is 0 Å². The fourth-order valence-corrected chi connectivity index (χ4v) is 3.99. The first kappa shape index (κ1) is 14.9. The minimum Gasteiger partial charge on any atom is -0.306 e. The SMILES string of the molecule is CN1CCC(=C2c3ccccc3C=Cc3cc(Br)ccc32)CC1. The molecule has 0 radical (unpaired) electrons. The molecule has 1 heterocycles. The number of rotatable bonds is 0. The van der Waals surface area contributed by atoms with E-state index in [4.69, 9.17) is 0 Å². The zero-order valence-corrected chi connectivity index (χ0v) is 14.9. The van der Waals surface area contributed by atoms with Gasteiger partial charge in [0.25, 0.3) is 0 Å². The van der Waals surface area contributed by atoms with Gasteiger partial charge in [0.05, 0.1) is 0 Å². The Hall–Kier alpha value is -1.64. The van der Waals surface area contributed by atoms with Gasteiger partial charge in [-0.05, 0) is 59.8 Å². The molecule has 116 valence electrons. The van der Waals surface area contributed by atoms with Gasteiger partial charge in [-0.3, -0.25) is 0 Å². The lowest BCUT2D eigenvalue weighted by Gasteiger charge is -2.27. The normalized spacial score (nSPS) is 17.7. The van der Waals surface area contributed by atoms with Crippen LogP contribution >= 0.6 is 15.9 Å². The van der Waals surface area contributed by atoms with Crippen molar-refractivity contribution in [1.82, 2.24) is 4.90 Å². The monoisotopic (exact) mass is 365 g/mol. The summed E-state index contributed by atoms with van der Waals surface area (Å²) in [5, 5.41) is 0. The second-order valence-corrected chi connectivity index (χ2v) is 7.35. The fourth-order valence-electron chi connectivity index (χ4n) is 3.61. The lowest BCUT2D eigenvalue weighted by molar-refractivity contribution is 0.313. The molecule has 1 saturated heterocycles. The van der Waals surface area contributed by atoms with Gasteiger partial charge in [0.1, 0.15) is 0 Å². The van der Waals surface area contributed by atoms with Crippen LogP contribution in [0.3, 0.4) is 0 Å². The third-order valence-electron chi connectivity index (χ3n) is 4.90. The van der Waals surface area contributed by atoms with E-state index in [1.165, 1.54) is 27.8 Å². The van der Waals surface area contributed by atoms with Crippen LogP contribution in [-0.4, -0.2) is 25.0 Å². The number of piperidine rings is 1. The fraction of sp³-hybridized carbons (Fsp3) is 0.238. The zero-order chi connectivity index (χ0) is 15.8. The quantitative estimate of drug-likeness (QED) is 0.511. The Morgan fingerprint density at radius 3 is 2.39 bits per heavy atom. The van der Waals surface area contributed by atoms with Crippen molar-refractivity contribution in [3.05, 3.63) is 74.8 Å². The van der Waals surface area contributed by atoms with Crippen molar-refractivity contribution in [2.75, 3.05) is 20.1 Å². The maximum atomic E-state index is 3.62. The molecule has 1 nitrogen and oxygen atoms in total. The number of halogens is 1. The molecule has 2 aromatic rings. The predicted molar refractivity (Wildman–Crippen MR) is 102 cm³/mol. The lowest BCUT2D eigenvalue weighted by Crippen LogP contribution is -2.27. The average Bonchev–Trinajstić information content (AvgIpc) is 2.72. The maximum absolute atomic E-state index is 3.62. The summed E-state index contributed by atoms with van der Waals surface area (Å²) in [5.74, 6) is 0. The first-order valence-corrected chi connectivity index (χ1v) is 8.99. The molecule has 0 saturated carbocycles. The van der Waals surface area contributed by atoms with Crippen molar-refractivity contribution < 1.29 is 0 Å². The zero-order valence-electron chi connectivity index (χ0n) is 13.3. The Bertz CT molecular complexity index is 806. The van der Waals surface area contributed by atoms with Gasteiger partial charge in [-0.2, -0.15) is 0 Å². The van der Waals surface area contributed by atoms with Gasteiger partial charge in [-0.25, -0.2) is 0 Å². The lowest BCUT2D eigenvalue weighted by atomic mass is 9.86. The predicted octanol–water partition coefficient (Wildman–Crippen LogP) is 5.46. The van der Waals surface area contributed by atoms with Crippen molar-refractivity contribution in [1.29, 1.82) is 0 Å². The summed E-state index contributed by atoms with van der Waals surface area (Å²) < 4.78 is 1.14. The van der Waals surface area contributed by atoms with Crippen LogP contribution in [0.1, 0.15) is 35.1 Å². The van der Waals surface area contributed by atoms with Crippen molar-refractivity contribution >= 4 is 33.7 Å². The molecular weight excluding hydrogens is 346 g/mol. The molecule has 0 N–H and O–H groups in total. The molecule has 23 heavy (non-hydrogen) atoms. The van der Waals surface area contributed by atoms with Crippen LogP contribution in [0.2, 0.25) is 0 Å². The van der Waals surface area contributed by atoms with Gasteiger partial charge in [0.15, 0.2) is 0 Å². The second-order valence-electron chi connectivity index (χ2n) is 6.43. The van der Waals surface area contributed by atoms with Crippen LogP contribution in [0.5, 0.6) is 0 Å². The van der Waals surface area contributed by atoms with E-state index in [0.717, 1.165) is 30.4 Å². The molecule has 1 aliphatic carbocycles. The Balaban J connectivity index is 1.97. The molecule has 0 bridgehead atoms. The standard InChI is InChI=1S/C21H20BrN/c1-23-12-10-16(11-13-23)21-19-5-3-2-4-15(19)6-7-17-14-18(22)8-9-20(17)21/h2-9,14H,10-13H2,1H3. The number of fused-ring (bicyclic) bond motifs is 2. The van der Waals surface area contributed by atoms with Crippen LogP contribution in [-0.2, 0) is 0 Å². The van der Waals surface area contributed by atoms with E-state index in [-0.39, 0.29) is 0 Å². The van der Waals surface area contributed by atoms with Crippen LogP contribution in [0.25, 0.3) is 17.7 Å². The van der Waals surface area contributed by atoms with E-state index in [1.807, 2.05) is 0 Å². The van der Waals surface area contributed by atoms with Crippen LogP contribution in [0, 0.1) is 0 Å². The molecule has 2 aliphatic rings. The Morgan fingerprint density at radius 1 is 0.870 bits per heavy atom. The Labute approximate surface area is 146 Å². The minimum absolute atomic E-state index is 1.14. The number of hydrogen-bond donors (Lipinski definition) is 0. The van der Waals surface area contributed by atoms with E-state index in [9.17, 15) is 0 Å². The highest BCUT2D eigenvalue weighted by Gasteiger charge is 2.21. The first-order valence-electron chi connectivity index (χ1n) is 8.20. The summed E-state index contributed by atoms with van der Waals surface area (Å²) >= 11 is 3.62. The maximum Gasteiger partial charge on any atom is 0.0181 e. The van der Waals surface area contributed by atoms with E-state index in [0.29, 0.717) is 0 Å². The first-order chi connectivity index (χ1) is 11.2. The number of nitrogens with zero attached hydrogens (tertiary/aromatic N) is 1. The second kappa shape index (κ2) is 6.10. The van der Waals surface area contributed by atoms with Gasteiger partial charge >= 0.3 is 0 Å². The molecule has 0 amide bonds. The molecule has 2 aromatic carbocycles. The van der Waals surface area contributed by atoms with E-state index < -0.39 is 0 Å². The largest absolute Gasteiger partial charge is 0.306 e. The van der Waals surface area contributed by atoms with Gasteiger partial charge < -0.3 is 4.90 Å². The molecule has 0 aromatic heterocycles. The number of hydrogen-bond acceptors (Lipinski definition) is 1. The summed E-state index contributed by atoms with van der Waals surface area (Å²) in [7, 11) is 2.22. The van der Waals surface area contributed by atoms with Crippen molar-refractivity contribution in [2.24, 2.45) is 0 Å². The molecule has 0 atom stereocenters. The average molecular weight is 366 g/mol. The topological polar surface area (TPSA) is 3.24 Å². The van der Waals surface area contributed by atoms with Gasteiger partial charge in [0, 0.05) is 17.6 Å². The van der Waals surface area contributed by atoms with Crippen molar-refractivity contribution in [2.45, 2.75) is 12.8 Å². The van der Waals surface area contributed by atoms with Crippen LogP contribution < -0.4 is 0 Å². The summed E-state index contributed by atoms with van der Waals surface area (Å²) in [6, 6.07) is 15.5. The van der Waals surface area contributed by atoms with Crippen molar-refractivity contribution in [3.63, 3.8) is 0 Å². The minimum atomic E-state index is 1.14. The number of benzene rings is 2. The molecule has 1 aliphatic heterocycles. The highest BCUT2D eigenvalue weighted by molar-refractivity contribution is 9.10. The van der Waals surface area contributed by atoms with E-state index >= 15 is 0 Å². The van der Waals surface area contributed by atoms with Crippen molar-refractivity contribution in [3.8, 4) is 0 Å². The smallest absolute Gasteiger partial charge is 0.0181 e. The molecule has 2 heteroatoms. The molecular formula is C21H20BrN. The third-order valence-corrected chi connectivity index (χ3v) is 5.39. The number of likely N-dealkylation sites (tertiary alicyclic amines) is 1. The molecule has 0 spiro atoms. The Kier molecular flexibility index (Phi) is 3.96. The summed E-state index contributed by atoms with van der Waals surface area (Å²) in [5.41, 5.74) is 8.43. The molecule has 4 rings (SSSR count). The Morgan fingerprint density at radius 2 is 1.57 bits per heavy atom. The highest BCUT2D eigenvalue weighted by Crippen LogP contribution is 2.39. The summed E-state index contributed by atoms with van der Waals surface area (Å²) in [6.45, 7) is 2.31.